The zero-order valence-electron chi connectivity index (χ0n) is 13.4. The van der Waals surface area contributed by atoms with E-state index in [0.717, 1.165) is 17.9 Å². The Bertz CT molecular complexity index is 661. The largest absolute Gasteiger partial charge is 0.331 e. The lowest BCUT2D eigenvalue weighted by molar-refractivity contribution is 0.252. The van der Waals surface area contributed by atoms with E-state index >= 15 is 0 Å². The lowest BCUT2D eigenvalue weighted by Gasteiger charge is -2.25. The SMILES string of the molecule is CCN(NC(=S)Nc1ccc(SC(F)F)cc1)c1ccc(C)cc1. The summed E-state index contributed by atoms with van der Waals surface area (Å²) in [5, 5.41) is 5.41. The fourth-order valence-corrected chi connectivity index (χ4v) is 2.78. The first-order valence-electron chi connectivity index (χ1n) is 7.44. The Morgan fingerprint density at radius 1 is 1.12 bits per heavy atom. The summed E-state index contributed by atoms with van der Waals surface area (Å²) in [4.78, 5) is 0.518. The van der Waals surface area contributed by atoms with Crippen LogP contribution in [-0.2, 0) is 0 Å². The predicted molar refractivity (Wildman–Crippen MR) is 102 cm³/mol. The molecule has 0 aliphatic rings. The van der Waals surface area contributed by atoms with Crippen LogP contribution in [0.3, 0.4) is 0 Å². The van der Waals surface area contributed by atoms with Gasteiger partial charge in [-0.1, -0.05) is 29.5 Å². The highest BCUT2D eigenvalue weighted by molar-refractivity contribution is 7.99. The Morgan fingerprint density at radius 2 is 1.75 bits per heavy atom. The first-order valence-corrected chi connectivity index (χ1v) is 8.73. The summed E-state index contributed by atoms with van der Waals surface area (Å²) in [5.74, 6) is -2.42. The van der Waals surface area contributed by atoms with Crippen LogP contribution in [0.2, 0.25) is 0 Å². The van der Waals surface area contributed by atoms with Gasteiger partial charge in [0.05, 0.1) is 5.69 Å². The molecule has 0 aliphatic carbocycles. The van der Waals surface area contributed by atoms with Crippen molar-refractivity contribution >= 4 is 40.5 Å². The highest BCUT2D eigenvalue weighted by Crippen LogP contribution is 2.26. The van der Waals surface area contributed by atoms with Gasteiger partial charge < -0.3 is 5.32 Å². The van der Waals surface area contributed by atoms with Crippen molar-refractivity contribution in [3.8, 4) is 0 Å². The molecule has 0 fully saturated rings. The molecule has 0 saturated heterocycles. The zero-order chi connectivity index (χ0) is 17.5. The predicted octanol–water partition coefficient (Wildman–Crippen LogP) is 5.04. The molecular formula is C17H19F2N3S2. The number of nitrogens with zero attached hydrogens (tertiary/aromatic N) is 1. The van der Waals surface area contributed by atoms with Gasteiger partial charge in [0.1, 0.15) is 0 Å². The summed E-state index contributed by atoms with van der Waals surface area (Å²) in [6.07, 6.45) is 0. The number of aryl methyl sites for hydroxylation is 1. The molecule has 3 nitrogen and oxygen atoms in total. The van der Waals surface area contributed by atoms with Gasteiger partial charge in [0.25, 0.3) is 5.76 Å². The van der Waals surface area contributed by atoms with Crippen molar-refractivity contribution in [2.75, 3.05) is 16.9 Å². The van der Waals surface area contributed by atoms with E-state index < -0.39 is 5.76 Å². The zero-order valence-corrected chi connectivity index (χ0v) is 15.1. The Morgan fingerprint density at radius 3 is 2.29 bits per heavy atom. The summed E-state index contributed by atoms with van der Waals surface area (Å²) in [6.45, 7) is 4.79. The first kappa shape index (κ1) is 18.5. The lowest BCUT2D eigenvalue weighted by atomic mass is 10.2. The van der Waals surface area contributed by atoms with Crippen molar-refractivity contribution in [2.45, 2.75) is 24.5 Å². The van der Waals surface area contributed by atoms with Crippen LogP contribution >= 0.6 is 24.0 Å². The number of rotatable bonds is 6. The van der Waals surface area contributed by atoms with Gasteiger partial charge in [0.15, 0.2) is 5.11 Å². The number of alkyl halides is 2. The molecule has 0 heterocycles. The number of anilines is 2. The molecule has 24 heavy (non-hydrogen) atoms. The average molecular weight is 367 g/mol. The third kappa shape index (κ3) is 5.65. The topological polar surface area (TPSA) is 27.3 Å². The second-order valence-electron chi connectivity index (χ2n) is 5.05. The molecular weight excluding hydrogens is 348 g/mol. The summed E-state index contributed by atoms with van der Waals surface area (Å²) in [6, 6.07) is 14.8. The van der Waals surface area contributed by atoms with Crippen LogP contribution in [-0.4, -0.2) is 17.4 Å². The molecule has 0 aromatic heterocycles. The van der Waals surface area contributed by atoms with E-state index in [1.807, 2.05) is 43.1 Å². The van der Waals surface area contributed by atoms with Gasteiger partial charge in [0.2, 0.25) is 0 Å². The van der Waals surface area contributed by atoms with E-state index in [-0.39, 0.29) is 0 Å². The number of benzene rings is 2. The molecule has 0 unspecified atom stereocenters. The molecule has 0 aliphatic heterocycles. The maximum Gasteiger partial charge on any atom is 0.288 e. The fraction of sp³-hybridized carbons (Fsp3) is 0.235. The van der Waals surface area contributed by atoms with Gasteiger partial charge in [0, 0.05) is 17.1 Å². The molecule has 0 saturated carbocycles. The molecule has 7 heteroatoms. The minimum Gasteiger partial charge on any atom is -0.331 e. The van der Waals surface area contributed by atoms with E-state index in [0.29, 0.717) is 21.8 Å². The van der Waals surface area contributed by atoms with Crippen molar-refractivity contribution in [1.29, 1.82) is 0 Å². The highest BCUT2D eigenvalue weighted by Gasteiger charge is 2.07. The van der Waals surface area contributed by atoms with Crippen LogP contribution in [0.15, 0.2) is 53.4 Å². The minimum absolute atomic E-state index is 0.437. The standard InChI is InChI=1S/C17H19F2N3S2/c1-3-22(14-8-4-12(2)5-9-14)21-17(23)20-13-6-10-15(11-7-13)24-16(18)19/h4-11,16H,3H2,1-2H3,(H2,20,21,23). The fourth-order valence-electron chi connectivity index (χ4n) is 2.05. The van der Waals surface area contributed by atoms with Crippen LogP contribution in [0.4, 0.5) is 20.2 Å². The van der Waals surface area contributed by atoms with E-state index in [2.05, 4.69) is 10.7 Å². The van der Waals surface area contributed by atoms with Crippen LogP contribution < -0.4 is 15.8 Å². The van der Waals surface area contributed by atoms with Crippen LogP contribution in [0, 0.1) is 6.92 Å². The number of nitrogens with one attached hydrogen (secondary N) is 2. The Balaban J connectivity index is 1.94. The van der Waals surface area contributed by atoms with E-state index in [1.54, 1.807) is 24.3 Å². The third-order valence-electron chi connectivity index (χ3n) is 3.24. The van der Waals surface area contributed by atoms with Crippen molar-refractivity contribution in [3.05, 3.63) is 54.1 Å². The molecule has 0 radical (unpaired) electrons. The lowest BCUT2D eigenvalue weighted by Crippen LogP contribution is -2.44. The van der Waals surface area contributed by atoms with Gasteiger partial charge >= 0.3 is 0 Å². The number of hydrazine groups is 1. The Labute approximate surface area is 150 Å². The molecule has 2 N–H and O–H groups in total. The number of halogens is 2. The van der Waals surface area contributed by atoms with Gasteiger partial charge in [-0.3, -0.25) is 10.4 Å². The number of thiocarbonyl (C=S) groups is 1. The number of hydrogen-bond acceptors (Lipinski definition) is 3. The van der Waals surface area contributed by atoms with Gasteiger partial charge in [-0.2, -0.15) is 8.78 Å². The summed E-state index contributed by atoms with van der Waals surface area (Å²) < 4.78 is 24.6. The maximum atomic E-state index is 12.3. The van der Waals surface area contributed by atoms with Crippen LogP contribution in [0.25, 0.3) is 0 Å². The third-order valence-corrected chi connectivity index (χ3v) is 4.15. The van der Waals surface area contributed by atoms with Crippen molar-refractivity contribution in [3.63, 3.8) is 0 Å². The normalized spacial score (nSPS) is 10.5. The van der Waals surface area contributed by atoms with Crippen LogP contribution in [0.5, 0.6) is 0 Å². The Kier molecular flexibility index (Phi) is 6.81. The second kappa shape index (κ2) is 8.84. The summed E-state index contributed by atoms with van der Waals surface area (Å²) >= 11 is 5.84. The van der Waals surface area contributed by atoms with Crippen molar-refractivity contribution in [2.24, 2.45) is 0 Å². The average Bonchev–Trinajstić information content (AvgIpc) is 2.55. The van der Waals surface area contributed by atoms with Gasteiger partial charge in [-0.25, -0.2) is 0 Å². The van der Waals surface area contributed by atoms with Crippen LogP contribution in [0.1, 0.15) is 12.5 Å². The highest BCUT2D eigenvalue weighted by atomic mass is 32.2. The summed E-state index contributed by atoms with van der Waals surface area (Å²) in [7, 11) is 0. The molecule has 2 aromatic carbocycles. The number of hydrogen-bond donors (Lipinski definition) is 2. The minimum atomic E-state index is -2.42. The van der Waals surface area contributed by atoms with Gasteiger partial charge in [-0.15, -0.1) is 0 Å². The Hall–Kier alpha value is -1.86. The van der Waals surface area contributed by atoms with Crippen molar-refractivity contribution in [1.82, 2.24) is 5.43 Å². The molecule has 0 spiro atoms. The molecule has 0 bridgehead atoms. The molecule has 128 valence electrons. The molecule has 0 amide bonds. The monoisotopic (exact) mass is 367 g/mol. The smallest absolute Gasteiger partial charge is 0.288 e. The summed E-state index contributed by atoms with van der Waals surface area (Å²) in [5.41, 5.74) is 6.07. The molecule has 0 atom stereocenters. The maximum absolute atomic E-state index is 12.3. The second-order valence-corrected chi connectivity index (χ2v) is 6.52. The first-order chi connectivity index (χ1) is 11.5. The quantitative estimate of drug-likeness (QED) is 0.424. The van der Waals surface area contributed by atoms with Crippen molar-refractivity contribution < 1.29 is 8.78 Å². The van der Waals surface area contributed by atoms with E-state index in [1.165, 1.54) is 5.56 Å². The number of thioether (sulfide) groups is 1. The van der Waals surface area contributed by atoms with E-state index in [4.69, 9.17) is 12.2 Å². The van der Waals surface area contributed by atoms with Gasteiger partial charge in [-0.05, 0) is 62.5 Å². The molecule has 2 rings (SSSR count). The molecule has 2 aromatic rings. The van der Waals surface area contributed by atoms with E-state index in [9.17, 15) is 8.78 Å².